The highest BCUT2D eigenvalue weighted by Crippen LogP contribution is 2.30. The Morgan fingerprint density at radius 2 is 1.95 bits per heavy atom. The molecule has 0 radical (unpaired) electrons. The molecule has 0 aromatic heterocycles. The monoisotopic (exact) mass is 310 g/mol. The summed E-state index contributed by atoms with van der Waals surface area (Å²) in [5, 5.41) is 12.8. The number of likely N-dealkylation sites (tertiary alicyclic amines) is 1. The minimum atomic E-state index is -0.0816. The van der Waals surface area contributed by atoms with Gasteiger partial charge in [0, 0.05) is 19.1 Å². The highest BCUT2D eigenvalue weighted by atomic mass is 16.5. The SMILES string of the molecule is O=C(NC1CCCCC1)C1CCCN(CC2(CO)COC2)C1. The van der Waals surface area contributed by atoms with Gasteiger partial charge in [-0.25, -0.2) is 0 Å². The van der Waals surface area contributed by atoms with E-state index in [0.29, 0.717) is 19.3 Å². The zero-order chi connectivity index (χ0) is 15.4. The molecule has 22 heavy (non-hydrogen) atoms. The van der Waals surface area contributed by atoms with E-state index in [4.69, 9.17) is 4.74 Å². The van der Waals surface area contributed by atoms with E-state index < -0.39 is 0 Å². The normalized spacial score (nSPS) is 29.8. The van der Waals surface area contributed by atoms with Gasteiger partial charge in [-0.05, 0) is 32.2 Å². The van der Waals surface area contributed by atoms with E-state index >= 15 is 0 Å². The maximum atomic E-state index is 12.5. The van der Waals surface area contributed by atoms with Gasteiger partial charge in [-0.15, -0.1) is 0 Å². The van der Waals surface area contributed by atoms with Crippen LogP contribution in [0, 0.1) is 11.3 Å². The summed E-state index contributed by atoms with van der Waals surface area (Å²) in [6.45, 7) is 4.21. The second-order valence-corrected chi connectivity index (χ2v) is 7.57. The molecule has 0 aromatic rings. The standard InChI is InChI=1S/C17H30N2O3/c20-11-17(12-22-13-17)10-19-8-4-5-14(9-19)16(21)18-15-6-2-1-3-7-15/h14-15,20H,1-13H2,(H,18,21). The summed E-state index contributed by atoms with van der Waals surface area (Å²) in [5.74, 6) is 0.368. The van der Waals surface area contributed by atoms with Crippen molar-refractivity contribution >= 4 is 5.91 Å². The molecule has 3 rings (SSSR count). The van der Waals surface area contributed by atoms with Gasteiger partial charge in [0.15, 0.2) is 0 Å². The lowest BCUT2D eigenvalue weighted by molar-refractivity contribution is -0.152. The smallest absolute Gasteiger partial charge is 0.224 e. The molecule has 3 aliphatic rings. The number of nitrogens with zero attached hydrogens (tertiary/aromatic N) is 1. The van der Waals surface area contributed by atoms with Crippen LogP contribution in [0.5, 0.6) is 0 Å². The quantitative estimate of drug-likeness (QED) is 0.800. The summed E-state index contributed by atoms with van der Waals surface area (Å²) in [7, 11) is 0. The number of hydrogen-bond acceptors (Lipinski definition) is 4. The van der Waals surface area contributed by atoms with E-state index in [1.807, 2.05) is 0 Å². The number of rotatable bonds is 5. The fraction of sp³-hybridized carbons (Fsp3) is 0.941. The molecular formula is C17H30N2O3. The third-order valence-corrected chi connectivity index (χ3v) is 5.54. The van der Waals surface area contributed by atoms with Gasteiger partial charge in [0.05, 0.1) is 31.2 Å². The van der Waals surface area contributed by atoms with Crippen LogP contribution < -0.4 is 5.32 Å². The topological polar surface area (TPSA) is 61.8 Å². The van der Waals surface area contributed by atoms with Gasteiger partial charge >= 0.3 is 0 Å². The lowest BCUT2D eigenvalue weighted by Crippen LogP contribution is -2.56. The van der Waals surface area contributed by atoms with Gasteiger partial charge in [-0.1, -0.05) is 19.3 Å². The van der Waals surface area contributed by atoms with E-state index in [9.17, 15) is 9.90 Å². The van der Waals surface area contributed by atoms with Crippen molar-refractivity contribution in [2.45, 2.75) is 51.0 Å². The molecule has 1 amide bonds. The highest BCUT2D eigenvalue weighted by Gasteiger charge is 2.41. The van der Waals surface area contributed by atoms with Gasteiger partial charge in [0.1, 0.15) is 0 Å². The fourth-order valence-corrected chi connectivity index (χ4v) is 4.08. The summed E-state index contributed by atoms with van der Waals surface area (Å²) in [6.07, 6.45) is 8.18. The van der Waals surface area contributed by atoms with Crippen LogP contribution in [-0.4, -0.2) is 61.4 Å². The van der Waals surface area contributed by atoms with Gasteiger partial charge in [-0.3, -0.25) is 4.79 Å². The Morgan fingerprint density at radius 3 is 2.59 bits per heavy atom. The predicted octanol–water partition coefficient (Wildman–Crippen LogP) is 1.16. The molecule has 2 N–H and O–H groups in total. The first-order valence-corrected chi connectivity index (χ1v) is 8.92. The zero-order valence-corrected chi connectivity index (χ0v) is 13.6. The molecule has 3 fully saturated rings. The Hall–Kier alpha value is -0.650. The number of amides is 1. The van der Waals surface area contributed by atoms with E-state index in [2.05, 4.69) is 10.2 Å². The Morgan fingerprint density at radius 1 is 1.18 bits per heavy atom. The van der Waals surface area contributed by atoms with E-state index in [0.717, 1.165) is 45.3 Å². The zero-order valence-electron chi connectivity index (χ0n) is 13.6. The summed E-state index contributed by atoms with van der Waals surface area (Å²) in [5.41, 5.74) is -0.0816. The van der Waals surface area contributed by atoms with Crippen molar-refractivity contribution in [2.24, 2.45) is 11.3 Å². The second kappa shape index (κ2) is 7.28. The van der Waals surface area contributed by atoms with E-state index in [-0.39, 0.29) is 23.8 Å². The average molecular weight is 310 g/mol. The number of aliphatic hydroxyl groups is 1. The van der Waals surface area contributed by atoms with Crippen LogP contribution in [0.3, 0.4) is 0 Å². The van der Waals surface area contributed by atoms with Crippen LogP contribution in [0.4, 0.5) is 0 Å². The molecule has 1 atom stereocenters. The molecular weight excluding hydrogens is 280 g/mol. The first-order valence-electron chi connectivity index (χ1n) is 8.92. The van der Waals surface area contributed by atoms with Gasteiger partial charge in [-0.2, -0.15) is 0 Å². The largest absolute Gasteiger partial charge is 0.396 e. The molecule has 0 aromatic carbocycles. The van der Waals surface area contributed by atoms with Gasteiger partial charge < -0.3 is 20.1 Å². The number of piperidine rings is 1. The molecule has 126 valence electrons. The Kier molecular flexibility index (Phi) is 5.37. The molecule has 5 nitrogen and oxygen atoms in total. The third kappa shape index (κ3) is 3.81. The summed E-state index contributed by atoms with van der Waals surface area (Å²) in [4.78, 5) is 14.9. The minimum Gasteiger partial charge on any atom is -0.396 e. The van der Waals surface area contributed by atoms with Crippen molar-refractivity contribution in [1.29, 1.82) is 0 Å². The van der Waals surface area contributed by atoms with Crippen molar-refractivity contribution in [3.8, 4) is 0 Å². The lowest BCUT2D eigenvalue weighted by atomic mass is 9.85. The molecule has 1 saturated carbocycles. The molecule has 2 heterocycles. The fourth-order valence-electron chi connectivity index (χ4n) is 4.08. The Balaban J connectivity index is 1.48. The number of ether oxygens (including phenoxy) is 1. The Bertz CT molecular complexity index is 373. The molecule has 0 bridgehead atoms. The van der Waals surface area contributed by atoms with Gasteiger partial charge in [0.25, 0.3) is 0 Å². The van der Waals surface area contributed by atoms with Crippen molar-refractivity contribution in [3.63, 3.8) is 0 Å². The van der Waals surface area contributed by atoms with Crippen molar-refractivity contribution in [1.82, 2.24) is 10.2 Å². The minimum absolute atomic E-state index is 0.0816. The first kappa shape index (κ1) is 16.2. The molecule has 2 saturated heterocycles. The van der Waals surface area contributed by atoms with Crippen molar-refractivity contribution in [2.75, 3.05) is 39.5 Å². The van der Waals surface area contributed by atoms with Crippen LogP contribution in [-0.2, 0) is 9.53 Å². The van der Waals surface area contributed by atoms with Crippen molar-refractivity contribution in [3.05, 3.63) is 0 Å². The van der Waals surface area contributed by atoms with Crippen LogP contribution in [0.1, 0.15) is 44.9 Å². The number of nitrogens with one attached hydrogen (secondary N) is 1. The number of aliphatic hydroxyl groups excluding tert-OH is 1. The molecule has 2 aliphatic heterocycles. The van der Waals surface area contributed by atoms with E-state index in [1.54, 1.807) is 0 Å². The maximum absolute atomic E-state index is 12.5. The van der Waals surface area contributed by atoms with Crippen LogP contribution in [0.15, 0.2) is 0 Å². The summed E-state index contributed by atoms with van der Waals surface area (Å²) >= 11 is 0. The number of carbonyl (C=O) groups is 1. The average Bonchev–Trinajstić information content (AvgIpc) is 2.52. The predicted molar refractivity (Wildman–Crippen MR) is 84.5 cm³/mol. The molecule has 1 unspecified atom stereocenters. The molecule has 5 heteroatoms. The highest BCUT2D eigenvalue weighted by molar-refractivity contribution is 5.79. The van der Waals surface area contributed by atoms with E-state index in [1.165, 1.54) is 19.3 Å². The van der Waals surface area contributed by atoms with Crippen LogP contribution in [0.25, 0.3) is 0 Å². The first-order chi connectivity index (χ1) is 10.7. The number of carbonyl (C=O) groups excluding carboxylic acids is 1. The maximum Gasteiger partial charge on any atom is 0.224 e. The third-order valence-electron chi connectivity index (χ3n) is 5.54. The molecule has 0 spiro atoms. The van der Waals surface area contributed by atoms with Crippen LogP contribution in [0.2, 0.25) is 0 Å². The lowest BCUT2D eigenvalue weighted by Gasteiger charge is -2.45. The van der Waals surface area contributed by atoms with Gasteiger partial charge in [0.2, 0.25) is 5.91 Å². The number of hydrogen-bond donors (Lipinski definition) is 2. The Labute approximate surface area is 133 Å². The van der Waals surface area contributed by atoms with Crippen molar-refractivity contribution < 1.29 is 14.6 Å². The summed E-state index contributed by atoms with van der Waals surface area (Å²) in [6, 6.07) is 0.403. The molecule has 1 aliphatic carbocycles. The second-order valence-electron chi connectivity index (χ2n) is 7.57. The van der Waals surface area contributed by atoms with Crippen LogP contribution >= 0.6 is 0 Å². The summed E-state index contributed by atoms with van der Waals surface area (Å²) < 4.78 is 5.28.